The van der Waals surface area contributed by atoms with Gasteiger partial charge in [0.1, 0.15) is 17.4 Å². The number of carbonyl (C=O) groups excluding carboxylic acids is 1. The molecule has 154 valence electrons. The van der Waals surface area contributed by atoms with Crippen LogP contribution in [0.3, 0.4) is 0 Å². The summed E-state index contributed by atoms with van der Waals surface area (Å²) in [6.45, 7) is 0.213. The SMILES string of the molecule is CSCc1nc2ccccc2n1CC(=O)Nc1ccccc1-c1nc2ccccc2s1. The maximum Gasteiger partial charge on any atom is 0.244 e. The molecule has 0 saturated heterocycles. The largest absolute Gasteiger partial charge is 0.324 e. The van der Waals surface area contributed by atoms with E-state index in [1.165, 1.54) is 0 Å². The number of fused-ring (bicyclic) bond motifs is 2. The lowest BCUT2D eigenvalue weighted by Gasteiger charge is -2.12. The molecule has 2 heterocycles. The monoisotopic (exact) mass is 444 g/mol. The Kier molecular flexibility index (Phi) is 5.44. The normalized spacial score (nSPS) is 11.3. The topological polar surface area (TPSA) is 59.8 Å². The highest BCUT2D eigenvalue weighted by Crippen LogP contribution is 2.34. The summed E-state index contributed by atoms with van der Waals surface area (Å²) in [6, 6.07) is 23.8. The van der Waals surface area contributed by atoms with Crippen molar-refractivity contribution in [1.82, 2.24) is 14.5 Å². The highest BCUT2D eigenvalue weighted by molar-refractivity contribution is 7.97. The van der Waals surface area contributed by atoms with Crippen molar-refractivity contribution in [1.29, 1.82) is 0 Å². The third-order valence-electron chi connectivity index (χ3n) is 5.03. The number of amides is 1. The lowest BCUT2D eigenvalue weighted by Crippen LogP contribution is -2.20. The predicted molar refractivity (Wildman–Crippen MR) is 131 cm³/mol. The van der Waals surface area contributed by atoms with E-state index in [1.54, 1.807) is 23.1 Å². The first kappa shape index (κ1) is 19.8. The zero-order chi connectivity index (χ0) is 21.2. The van der Waals surface area contributed by atoms with Crippen molar-refractivity contribution in [3.8, 4) is 10.6 Å². The fraction of sp³-hybridized carbons (Fsp3) is 0.125. The van der Waals surface area contributed by atoms with Gasteiger partial charge < -0.3 is 9.88 Å². The number of thiazole rings is 1. The molecule has 1 amide bonds. The minimum Gasteiger partial charge on any atom is -0.324 e. The predicted octanol–water partition coefficient (Wildman–Crippen LogP) is 5.81. The summed E-state index contributed by atoms with van der Waals surface area (Å²) in [5.74, 6) is 1.58. The molecule has 0 aliphatic carbocycles. The number of nitrogens with one attached hydrogen (secondary N) is 1. The number of thioether (sulfide) groups is 1. The molecular formula is C24H20N4OS2. The highest BCUT2D eigenvalue weighted by atomic mass is 32.2. The Hall–Kier alpha value is -3.16. The van der Waals surface area contributed by atoms with Gasteiger partial charge in [-0.1, -0.05) is 36.4 Å². The van der Waals surface area contributed by atoms with E-state index >= 15 is 0 Å². The minimum absolute atomic E-state index is 0.0842. The third kappa shape index (κ3) is 3.94. The molecular weight excluding hydrogens is 424 g/mol. The number of benzene rings is 3. The summed E-state index contributed by atoms with van der Waals surface area (Å²) in [6.07, 6.45) is 2.04. The van der Waals surface area contributed by atoms with Crippen LogP contribution in [0.4, 0.5) is 5.69 Å². The van der Waals surface area contributed by atoms with E-state index in [0.717, 1.165) is 49.1 Å². The molecule has 3 aromatic carbocycles. The van der Waals surface area contributed by atoms with Crippen LogP contribution < -0.4 is 5.32 Å². The smallest absolute Gasteiger partial charge is 0.244 e. The second-order valence-electron chi connectivity index (χ2n) is 7.12. The van der Waals surface area contributed by atoms with Gasteiger partial charge in [-0.05, 0) is 42.7 Å². The van der Waals surface area contributed by atoms with Crippen molar-refractivity contribution < 1.29 is 4.79 Å². The van der Waals surface area contributed by atoms with Crippen LogP contribution in [-0.2, 0) is 17.1 Å². The van der Waals surface area contributed by atoms with Gasteiger partial charge in [-0.15, -0.1) is 11.3 Å². The van der Waals surface area contributed by atoms with Crippen LogP contribution >= 0.6 is 23.1 Å². The minimum atomic E-state index is -0.0842. The fourth-order valence-corrected chi connectivity index (χ4v) is 5.12. The number of hydrogen-bond donors (Lipinski definition) is 1. The highest BCUT2D eigenvalue weighted by Gasteiger charge is 2.16. The van der Waals surface area contributed by atoms with Crippen LogP contribution in [0, 0.1) is 0 Å². The Morgan fingerprint density at radius 1 is 0.968 bits per heavy atom. The number of nitrogens with zero attached hydrogens (tertiary/aromatic N) is 3. The molecule has 0 spiro atoms. The lowest BCUT2D eigenvalue weighted by atomic mass is 10.2. The molecule has 0 fully saturated rings. The zero-order valence-electron chi connectivity index (χ0n) is 16.9. The molecule has 0 saturated carbocycles. The van der Waals surface area contributed by atoms with E-state index in [9.17, 15) is 4.79 Å². The molecule has 7 heteroatoms. The summed E-state index contributed by atoms with van der Waals surface area (Å²) in [5, 5.41) is 3.99. The van der Waals surface area contributed by atoms with E-state index < -0.39 is 0 Å². The van der Waals surface area contributed by atoms with Crippen LogP contribution in [0.1, 0.15) is 5.82 Å². The van der Waals surface area contributed by atoms with Gasteiger partial charge in [0.2, 0.25) is 5.91 Å². The quantitative estimate of drug-likeness (QED) is 0.359. The first-order chi connectivity index (χ1) is 15.2. The number of hydrogen-bond acceptors (Lipinski definition) is 5. The molecule has 0 bridgehead atoms. The molecule has 31 heavy (non-hydrogen) atoms. The van der Waals surface area contributed by atoms with Crippen LogP contribution in [0.2, 0.25) is 0 Å². The molecule has 5 nitrogen and oxygen atoms in total. The standard InChI is InChI=1S/C24H20N4OS2/c1-30-15-22-25-18-10-4-6-12-20(18)28(22)14-23(29)26-17-9-3-2-8-16(17)24-27-19-11-5-7-13-21(19)31-24/h2-13H,14-15H2,1H3,(H,26,29). The number of para-hydroxylation sites is 4. The van der Waals surface area contributed by atoms with E-state index in [2.05, 4.69) is 11.4 Å². The van der Waals surface area contributed by atoms with Gasteiger partial charge >= 0.3 is 0 Å². The number of anilines is 1. The second kappa shape index (κ2) is 8.53. The second-order valence-corrected chi connectivity index (χ2v) is 9.01. The van der Waals surface area contributed by atoms with Gasteiger partial charge in [0, 0.05) is 5.56 Å². The number of rotatable bonds is 6. The van der Waals surface area contributed by atoms with Crippen molar-refractivity contribution in [2.75, 3.05) is 11.6 Å². The zero-order valence-corrected chi connectivity index (χ0v) is 18.5. The summed E-state index contributed by atoms with van der Waals surface area (Å²) < 4.78 is 3.13. The van der Waals surface area contributed by atoms with Crippen molar-refractivity contribution >= 4 is 55.9 Å². The molecule has 0 unspecified atom stereocenters. The van der Waals surface area contributed by atoms with Gasteiger partial charge in [-0.2, -0.15) is 11.8 Å². The molecule has 1 N–H and O–H groups in total. The molecule has 0 aliphatic heterocycles. The van der Waals surface area contributed by atoms with E-state index in [-0.39, 0.29) is 12.5 Å². The fourth-order valence-electron chi connectivity index (χ4n) is 3.64. The van der Waals surface area contributed by atoms with Gasteiger partial charge in [0.05, 0.1) is 32.7 Å². The van der Waals surface area contributed by atoms with Crippen LogP contribution in [0.25, 0.3) is 31.8 Å². The average molecular weight is 445 g/mol. The first-order valence-electron chi connectivity index (χ1n) is 9.91. The molecule has 2 aromatic heterocycles. The summed E-state index contributed by atoms with van der Waals surface area (Å²) in [5.41, 5.74) is 4.55. The maximum absolute atomic E-state index is 13.1. The van der Waals surface area contributed by atoms with Crippen molar-refractivity contribution in [2.45, 2.75) is 12.3 Å². The Bertz CT molecular complexity index is 1360. The Labute approximate surface area is 188 Å². The van der Waals surface area contributed by atoms with Crippen molar-refractivity contribution in [2.24, 2.45) is 0 Å². The molecule has 0 atom stereocenters. The Morgan fingerprint density at radius 2 is 1.71 bits per heavy atom. The van der Waals surface area contributed by atoms with Gasteiger partial charge in [-0.25, -0.2) is 9.97 Å². The Balaban J connectivity index is 1.45. The van der Waals surface area contributed by atoms with Gasteiger partial charge in [-0.3, -0.25) is 4.79 Å². The summed E-state index contributed by atoms with van der Waals surface area (Å²) >= 11 is 3.32. The van der Waals surface area contributed by atoms with Crippen LogP contribution in [0.15, 0.2) is 72.8 Å². The number of aromatic nitrogens is 3. The number of imidazole rings is 1. The van der Waals surface area contributed by atoms with E-state index in [0.29, 0.717) is 0 Å². The van der Waals surface area contributed by atoms with Gasteiger partial charge in [0.15, 0.2) is 0 Å². The van der Waals surface area contributed by atoms with Crippen LogP contribution in [0.5, 0.6) is 0 Å². The number of carbonyl (C=O) groups is 1. The lowest BCUT2D eigenvalue weighted by molar-refractivity contribution is -0.116. The van der Waals surface area contributed by atoms with Crippen molar-refractivity contribution in [3.05, 3.63) is 78.6 Å². The third-order valence-corrected chi connectivity index (χ3v) is 6.65. The molecule has 0 aliphatic rings. The van der Waals surface area contributed by atoms with Crippen LogP contribution in [-0.4, -0.2) is 26.7 Å². The van der Waals surface area contributed by atoms with E-state index in [4.69, 9.17) is 9.97 Å². The summed E-state index contributed by atoms with van der Waals surface area (Å²) in [7, 11) is 0. The van der Waals surface area contributed by atoms with Crippen molar-refractivity contribution in [3.63, 3.8) is 0 Å². The average Bonchev–Trinajstić information content (AvgIpc) is 3.36. The van der Waals surface area contributed by atoms with E-state index in [1.807, 2.05) is 77.6 Å². The maximum atomic E-state index is 13.1. The Morgan fingerprint density at radius 3 is 2.55 bits per heavy atom. The molecule has 0 radical (unpaired) electrons. The molecule has 5 aromatic rings. The first-order valence-corrected chi connectivity index (χ1v) is 12.1. The molecule has 5 rings (SSSR count). The van der Waals surface area contributed by atoms with Gasteiger partial charge in [0.25, 0.3) is 0 Å². The summed E-state index contributed by atoms with van der Waals surface area (Å²) in [4.78, 5) is 22.5.